The van der Waals surface area contributed by atoms with Gasteiger partial charge in [0.25, 0.3) is 0 Å². The molecule has 3 aliphatic rings. The molecule has 1 aromatic rings. The van der Waals surface area contributed by atoms with Crippen LogP contribution >= 0.6 is 0 Å². The highest BCUT2D eigenvalue weighted by Crippen LogP contribution is 2.40. The van der Waals surface area contributed by atoms with Crippen LogP contribution in [0, 0.1) is 0 Å². The van der Waals surface area contributed by atoms with Crippen molar-refractivity contribution in [2.75, 3.05) is 11.4 Å². The monoisotopic (exact) mass is 242 g/mol. The summed E-state index contributed by atoms with van der Waals surface area (Å²) in [5, 5.41) is 0. The first kappa shape index (κ1) is 10.4. The third-order valence-electron chi connectivity index (χ3n) is 4.73. The summed E-state index contributed by atoms with van der Waals surface area (Å²) in [7, 11) is 0. The second-order valence-electron chi connectivity index (χ2n) is 5.62. The highest BCUT2D eigenvalue weighted by Gasteiger charge is 2.43. The fraction of sp³-hybridized carbons (Fsp3) is 0.533. The Labute approximate surface area is 107 Å². The number of hydrogen-bond donors (Lipinski definition) is 0. The minimum absolute atomic E-state index is 0.331. The van der Waals surface area contributed by atoms with Gasteiger partial charge in [-0.2, -0.15) is 0 Å². The number of amides is 1. The largest absolute Gasteiger partial charge is 0.348 e. The Morgan fingerprint density at radius 2 is 1.94 bits per heavy atom. The maximum Gasteiger partial charge on any atom is 0.224 e. The summed E-state index contributed by atoms with van der Waals surface area (Å²) in [4.78, 5) is 16.5. The average Bonchev–Trinajstić information content (AvgIpc) is 2.80. The van der Waals surface area contributed by atoms with Crippen molar-refractivity contribution in [1.82, 2.24) is 4.90 Å². The van der Waals surface area contributed by atoms with E-state index in [1.165, 1.54) is 24.1 Å². The molecule has 2 atom stereocenters. The minimum Gasteiger partial charge on any atom is -0.348 e. The summed E-state index contributed by atoms with van der Waals surface area (Å²) < 4.78 is 0. The molecule has 94 valence electrons. The van der Waals surface area contributed by atoms with Crippen molar-refractivity contribution in [3.05, 3.63) is 29.8 Å². The molecular formula is C15H18N2O. The molecule has 0 aliphatic carbocycles. The van der Waals surface area contributed by atoms with Crippen LogP contribution in [-0.2, 0) is 11.2 Å². The van der Waals surface area contributed by atoms with Crippen LogP contribution in [0.1, 0.15) is 31.2 Å². The van der Waals surface area contributed by atoms with Gasteiger partial charge in [-0.25, -0.2) is 0 Å². The average molecular weight is 242 g/mol. The normalized spacial score (nSPS) is 29.9. The minimum atomic E-state index is 0.331. The van der Waals surface area contributed by atoms with Gasteiger partial charge in [0.1, 0.15) is 6.17 Å². The molecule has 3 heterocycles. The SMILES string of the molecule is O=C1CCC2N1CCC1CCc3ccccc3N12. The van der Waals surface area contributed by atoms with E-state index in [0.29, 0.717) is 18.1 Å². The summed E-state index contributed by atoms with van der Waals surface area (Å²) in [6.45, 7) is 0.965. The van der Waals surface area contributed by atoms with Gasteiger partial charge in [-0.15, -0.1) is 0 Å². The molecular weight excluding hydrogens is 224 g/mol. The van der Waals surface area contributed by atoms with E-state index in [-0.39, 0.29) is 0 Å². The molecule has 0 saturated carbocycles. The van der Waals surface area contributed by atoms with Crippen LogP contribution < -0.4 is 4.90 Å². The van der Waals surface area contributed by atoms with Crippen molar-refractivity contribution in [3.8, 4) is 0 Å². The first-order valence-electron chi connectivity index (χ1n) is 7.00. The predicted octanol–water partition coefficient (Wildman–Crippen LogP) is 2.16. The number of anilines is 1. The van der Waals surface area contributed by atoms with Gasteiger partial charge in [0.05, 0.1) is 0 Å². The second kappa shape index (κ2) is 3.74. The molecule has 18 heavy (non-hydrogen) atoms. The van der Waals surface area contributed by atoms with Crippen molar-refractivity contribution < 1.29 is 4.79 Å². The Balaban J connectivity index is 1.78. The molecule has 1 amide bonds. The van der Waals surface area contributed by atoms with Crippen molar-refractivity contribution in [3.63, 3.8) is 0 Å². The Morgan fingerprint density at radius 1 is 1.06 bits per heavy atom. The van der Waals surface area contributed by atoms with E-state index in [9.17, 15) is 4.79 Å². The smallest absolute Gasteiger partial charge is 0.224 e. The van der Waals surface area contributed by atoms with Gasteiger partial charge >= 0.3 is 0 Å². The van der Waals surface area contributed by atoms with Crippen molar-refractivity contribution in [1.29, 1.82) is 0 Å². The van der Waals surface area contributed by atoms with Gasteiger partial charge in [-0.05, 0) is 37.3 Å². The molecule has 0 spiro atoms. The number of benzene rings is 1. The van der Waals surface area contributed by atoms with Gasteiger partial charge < -0.3 is 9.80 Å². The molecule has 3 aliphatic heterocycles. The summed E-state index contributed by atoms with van der Waals surface area (Å²) in [6, 6.07) is 9.36. The molecule has 0 bridgehead atoms. The maximum atomic E-state index is 11.9. The van der Waals surface area contributed by atoms with Crippen LogP contribution in [0.5, 0.6) is 0 Å². The number of carbonyl (C=O) groups excluding carboxylic acids is 1. The zero-order chi connectivity index (χ0) is 12.1. The summed E-state index contributed by atoms with van der Waals surface area (Å²) >= 11 is 0. The predicted molar refractivity (Wildman–Crippen MR) is 70.4 cm³/mol. The van der Waals surface area contributed by atoms with Crippen LogP contribution in [0.4, 0.5) is 5.69 Å². The molecule has 1 aromatic carbocycles. The Morgan fingerprint density at radius 3 is 2.89 bits per heavy atom. The van der Waals surface area contributed by atoms with Crippen LogP contribution in [0.25, 0.3) is 0 Å². The molecule has 3 nitrogen and oxygen atoms in total. The van der Waals surface area contributed by atoms with Crippen LogP contribution in [0.15, 0.2) is 24.3 Å². The molecule has 2 fully saturated rings. The second-order valence-corrected chi connectivity index (χ2v) is 5.62. The third-order valence-corrected chi connectivity index (χ3v) is 4.73. The lowest BCUT2D eigenvalue weighted by molar-refractivity contribution is -0.129. The molecule has 4 rings (SSSR count). The van der Waals surface area contributed by atoms with E-state index in [1.54, 1.807) is 0 Å². The van der Waals surface area contributed by atoms with Crippen LogP contribution in [0.3, 0.4) is 0 Å². The highest BCUT2D eigenvalue weighted by molar-refractivity contribution is 5.80. The lowest BCUT2D eigenvalue weighted by Crippen LogP contribution is -2.58. The third kappa shape index (κ3) is 1.33. The molecule has 0 N–H and O–H groups in total. The standard InChI is InChI=1S/C15H18N2O/c18-15-8-7-14-16(15)10-9-12-6-5-11-3-1-2-4-13(11)17(12)14/h1-4,12,14H,5-10H2. The maximum absolute atomic E-state index is 11.9. The van der Waals surface area contributed by atoms with E-state index >= 15 is 0 Å². The Bertz CT molecular complexity index is 499. The van der Waals surface area contributed by atoms with Crippen molar-refractivity contribution in [2.24, 2.45) is 0 Å². The Hall–Kier alpha value is -1.51. The number of nitrogens with zero attached hydrogens (tertiary/aromatic N) is 2. The molecule has 2 saturated heterocycles. The number of fused-ring (bicyclic) bond motifs is 5. The first-order valence-corrected chi connectivity index (χ1v) is 7.00. The number of para-hydroxylation sites is 1. The topological polar surface area (TPSA) is 23.6 Å². The van der Waals surface area contributed by atoms with Gasteiger partial charge in [-0.1, -0.05) is 18.2 Å². The molecule has 2 unspecified atom stereocenters. The van der Waals surface area contributed by atoms with Gasteiger partial charge in [0, 0.05) is 24.7 Å². The zero-order valence-electron chi connectivity index (χ0n) is 10.5. The molecule has 3 heteroatoms. The lowest BCUT2D eigenvalue weighted by atomic mass is 9.91. The van der Waals surface area contributed by atoms with Gasteiger partial charge in [0.2, 0.25) is 5.91 Å². The number of hydrogen-bond acceptors (Lipinski definition) is 2. The van der Waals surface area contributed by atoms with E-state index in [2.05, 4.69) is 34.1 Å². The summed E-state index contributed by atoms with van der Waals surface area (Å²) in [5.41, 5.74) is 2.83. The summed E-state index contributed by atoms with van der Waals surface area (Å²) in [6.07, 6.45) is 5.64. The van der Waals surface area contributed by atoms with Crippen LogP contribution in [0.2, 0.25) is 0 Å². The number of carbonyl (C=O) groups is 1. The quantitative estimate of drug-likeness (QED) is 0.696. The first-order chi connectivity index (χ1) is 8.84. The van der Waals surface area contributed by atoms with E-state index < -0.39 is 0 Å². The Kier molecular flexibility index (Phi) is 2.16. The summed E-state index contributed by atoms with van der Waals surface area (Å²) in [5.74, 6) is 0.349. The van der Waals surface area contributed by atoms with Crippen molar-refractivity contribution >= 4 is 11.6 Å². The fourth-order valence-corrected chi connectivity index (χ4v) is 3.89. The van der Waals surface area contributed by atoms with E-state index in [4.69, 9.17) is 0 Å². The zero-order valence-corrected chi connectivity index (χ0v) is 10.5. The van der Waals surface area contributed by atoms with E-state index in [1.807, 2.05) is 0 Å². The highest BCUT2D eigenvalue weighted by atomic mass is 16.2. The fourth-order valence-electron chi connectivity index (χ4n) is 3.89. The number of rotatable bonds is 0. The van der Waals surface area contributed by atoms with Gasteiger partial charge in [0.15, 0.2) is 0 Å². The van der Waals surface area contributed by atoms with E-state index in [0.717, 1.165) is 25.8 Å². The molecule has 0 aromatic heterocycles. The lowest BCUT2D eigenvalue weighted by Gasteiger charge is -2.49. The van der Waals surface area contributed by atoms with Crippen molar-refractivity contribution in [2.45, 2.75) is 44.3 Å². The van der Waals surface area contributed by atoms with Gasteiger partial charge in [-0.3, -0.25) is 4.79 Å². The van der Waals surface area contributed by atoms with Crippen LogP contribution in [-0.4, -0.2) is 29.6 Å². The number of aryl methyl sites for hydroxylation is 1. The molecule has 0 radical (unpaired) electrons.